The van der Waals surface area contributed by atoms with Crippen LogP contribution in [-0.2, 0) is 6.42 Å². The van der Waals surface area contributed by atoms with E-state index < -0.39 is 0 Å². The van der Waals surface area contributed by atoms with Crippen LogP contribution >= 0.6 is 11.3 Å². The highest BCUT2D eigenvalue weighted by Gasteiger charge is 2.07. The van der Waals surface area contributed by atoms with Gasteiger partial charge in [-0.25, -0.2) is 4.98 Å². The van der Waals surface area contributed by atoms with Crippen molar-refractivity contribution in [2.45, 2.75) is 13.3 Å². The summed E-state index contributed by atoms with van der Waals surface area (Å²) in [5, 5.41) is 13.3. The molecule has 2 heterocycles. The van der Waals surface area contributed by atoms with Crippen LogP contribution in [0.25, 0.3) is 10.2 Å². The van der Waals surface area contributed by atoms with Gasteiger partial charge in [0.25, 0.3) is 5.56 Å². The Balaban J connectivity index is 1.84. The summed E-state index contributed by atoms with van der Waals surface area (Å²) in [6.07, 6.45) is 3.89. The molecule has 1 aromatic carbocycles. The number of aromatic nitrogens is 2. The van der Waals surface area contributed by atoms with Gasteiger partial charge >= 0.3 is 0 Å². The highest BCUT2D eigenvalue weighted by Crippen LogP contribution is 2.20. The molecule has 0 aliphatic rings. The minimum atomic E-state index is -0.179. The summed E-state index contributed by atoms with van der Waals surface area (Å²) in [7, 11) is 0. The molecule has 0 bridgehead atoms. The predicted molar refractivity (Wildman–Crippen MR) is 93.8 cm³/mol. The molecule has 0 spiro atoms. The van der Waals surface area contributed by atoms with E-state index in [-0.39, 0.29) is 12.2 Å². The third kappa shape index (κ3) is 3.34. The molecule has 0 fully saturated rings. The number of aryl methyl sites for hydroxylation is 1. The Morgan fingerprint density at radius 2 is 2.21 bits per heavy atom. The van der Waals surface area contributed by atoms with Crippen molar-refractivity contribution in [3.63, 3.8) is 0 Å². The quantitative estimate of drug-likeness (QED) is 0.670. The van der Waals surface area contributed by atoms with Gasteiger partial charge in [0, 0.05) is 4.88 Å². The fourth-order valence-corrected chi connectivity index (χ4v) is 3.04. The third-order valence-corrected chi connectivity index (χ3v) is 4.54. The minimum absolute atomic E-state index is 0.00883. The van der Waals surface area contributed by atoms with Gasteiger partial charge in [-0.15, -0.1) is 11.3 Å². The standard InChI is InChI=1S/C17H14N4O2S/c1-2-14-9-15-16(24-14)19-11-21(17(15)22)20-10-12-3-5-13(6-4-12)23-8-7-18/h3-6,9-11H,2,8H2,1H3/b20-10-. The van der Waals surface area contributed by atoms with Crippen LogP contribution in [-0.4, -0.2) is 22.5 Å². The van der Waals surface area contributed by atoms with Crippen LogP contribution in [0, 0.1) is 11.3 Å². The summed E-state index contributed by atoms with van der Waals surface area (Å²) >= 11 is 1.53. The van der Waals surface area contributed by atoms with E-state index in [9.17, 15) is 4.79 Å². The van der Waals surface area contributed by atoms with Crippen molar-refractivity contribution in [1.29, 1.82) is 5.26 Å². The predicted octanol–water partition coefficient (Wildman–Crippen LogP) is 2.80. The lowest BCUT2D eigenvalue weighted by Gasteiger charge is -2.01. The first kappa shape index (κ1) is 15.9. The van der Waals surface area contributed by atoms with Crippen LogP contribution in [0.15, 0.2) is 46.6 Å². The topological polar surface area (TPSA) is 80.3 Å². The van der Waals surface area contributed by atoms with Crippen molar-refractivity contribution in [3.05, 3.63) is 57.5 Å². The van der Waals surface area contributed by atoms with Gasteiger partial charge in [0.2, 0.25) is 0 Å². The van der Waals surface area contributed by atoms with Gasteiger partial charge in [-0.1, -0.05) is 6.92 Å². The minimum Gasteiger partial charge on any atom is -0.479 e. The summed E-state index contributed by atoms with van der Waals surface area (Å²) in [4.78, 5) is 18.6. The maximum atomic E-state index is 12.4. The first-order chi connectivity index (χ1) is 11.7. The number of benzene rings is 1. The van der Waals surface area contributed by atoms with Crippen molar-refractivity contribution in [2.24, 2.45) is 5.10 Å². The lowest BCUT2D eigenvalue weighted by Crippen LogP contribution is -2.16. The average molecular weight is 338 g/mol. The van der Waals surface area contributed by atoms with E-state index in [2.05, 4.69) is 10.1 Å². The molecule has 0 amide bonds. The van der Waals surface area contributed by atoms with Gasteiger partial charge in [-0.2, -0.15) is 15.0 Å². The van der Waals surface area contributed by atoms with Gasteiger partial charge in [0.1, 0.15) is 23.0 Å². The zero-order valence-electron chi connectivity index (χ0n) is 13.0. The second-order valence-corrected chi connectivity index (χ2v) is 6.05. The molecule has 0 unspecified atom stereocenters. The molecule has 0 saturated heterocycles. The molecule has 0 aliphatic heterocycles. The molecule has 3 aromatic rings. The smallest absolute Gasteiger partial charge is 0.282 e. The SMILES string of the molecule is CCc1cc2c(=O)n(/N=C\c3ccc(OCC#N)cc3)cnc2s1. The zero-order chi connectivity index (χ0) is 16.9. The fraction of sp³-hybridized carbons (Fsp3) is 0.176. The zero-order valence-corrected chi connectivity index (χ0v) is 13.8. The molecule has 6 nitrogen and oxygen atoms in total. The van der Waals surface area contributed by atoms with Crippen LogP contribution in [0.2, 0.25) is 0 Å². The molecule has 0 radical (unpaired) electrons. The van der Waals surface area contributed by atoms with E-state index in [1.54, 1.807) is 30.5 Å². The number of hydrogen-bond donors (Lipinski definition) is 0. The van der Waals surface area contributed by atoms with Crippen molar-refractivity contribution >= 4 is 27.8 Å². The lowest BCUT2D eigenvalue weighted by molar-refractivity contribution is 0.368. The summed E-state index contributed by atoms with van der Waals surface area (Å²) in [6, 6.07) is 10.9. The molecule has 120 valence electrons. The largest absolute Gasteiger partial charge is 0.479 e. The Labute approximate surface area is 142 Å². The summed E-state index contributed by atoms with van der Waals surface area (Å²) < 4.78 is 6.41. The van der Waals surface area contributed by atoms with Crippen molar-refractivity contribution in [2.75, 3.05) is 6.61 Å². The number of rotatable bonds is 5. The Morgan fingerprint density at radius 1 is 1.42 bits per heavy atom. The molecule has 0 N–H and O–H groups in total. The summed E-state index contributed by atoms with van der Waals surface area (Å²) in [6.45, 7) is 2.06. The maximum absolute atomic E-state index is 12.4. The molecule has 7 heteroatoms. The fourth-order valence-electron chi connectivity index (χ4n) is 2.11. The van der Waals surface area contributed by atoms with Crippen LogP contribution < -0.4 is 10.3 Å². The van der Waals surface area contributed by atoms with E-state index in [4.69, 9.17) is 10.00 Å². The molecule has 2 aromatic heterocycles. The lowest BCUT2D eigenvalue weighted by atomic mass is 10.2. The molecular formula is C17H14N4O2S. The van der Waals surface area contributed by atoms with Crippen LogP contribution in [0.3, 0.4) is 0 Å². The number of thiophene rings is 1. The monoisotopic (exact) mass is 338 g/mol. The number of fused-ring (bicyclic) bond motifs is 1. The van der Waals surface area contributed by atoms with Crippen molar-refractivity contribution in [3.8, 4) is 11.8 Å². The van der Waals surface area contributed by atoms with E-state index in [0.717, 1.165) is 21.7 Å². The van der Waals surface area contributed by atoms with Crippen LogP contribution in [0.5, 0.6) is 5.75 Å². The number of nitriles is 1. The van der Waals surface area contributed by atoms with Crippen LogP contribution in [0.4, 0.5) is 0 Å². The average Bonchev–Trinajstić information content (AvgIpc) is 3.04. The van der Waals surface area contributed by atoms with Crippen LogP contribution in [0.1, 0.15) is 17.4 Å². The number of nitrogens with zero attached hydrogens (tertiary/aromatic N) is 4. The Bertz CT molecular complexity index is 980. The highest BCUT2D eigenvalue weighted by molar-refractivity contribution is 7.18. The van der Waals surface area contributed by atoms with Crippen molar-refractivity contribution in [1.82, 2.24) is 9.66 Å². The molecule has 0 saturated carbocycles. The second-order valence-electron chi connectivity index (χ2n) is 4.94. The molecule has 0 atom stereocenters. The first-order valence-corrected chi connectivity index (χ1v) is 8.17. The van der Waals surface area contributed by atoms with E-state index in [1.165, 1.54) is 22.3 Å². The Kier molecular flexibility index (Phi) is 4.68. The van der Waals surface area contributed by atoms with E-state index >= 15 is 0 Å². The molecule has 3 rings (SSSR count). The number of hydrogen-bond acceptors (Lipinski definition) is 6. The van der Waals surface area contributed by atoms with Gasteiger partial charge in [-0.3, -0.25) is 4.79 Å². The number of ether oxygens (including phenoxy) is 1. The Hall–Kier alpha value is -2.98. The summed E-state index contributed by atoms with van der Waals surface area (Å²) in [5.74, 6) is 0.610. The highest BCUT2D eigenvalue weighted by atomic mass is 32.1. The molecule has 0 aliphatic carbocycles. The maximum Gasteiger partial charge on any atom is 0.282 e. The third-order valence-electron chi connectivity index (χ3n) is 3.35. The van der Waals surface area contributed by atoms with E-state index in [1.807, 2.05) is 19.1 Å². The first-order valence-electron chi connectivity index (χ1n) is 7.35. The molecular weight excluding hydrogens is 324 g/mol. The molecule has 24 heavy (non-hydrogen) atoms. The van der Waals surface area contributed by atoms with Gasteiger partial charge in [0.05, 0.1) is 11.6 Å². The Morgan fingerprint density at radius 3 is 2.92 bits per heavy atom. The van der Waals surface area contributed by atoms with Gasteiger partial charge < -0.3 is 4.74 Å². The summed E-state index contributed by atoms with van der Waals surface area (Å²) in [5.41, 5.74) is 0.632. The van der Waals surface area contributed by atoms with Gasteiger partial charge in [-0.05, 0) is 42.3 Å². The van der Waals surface area contributed by atoms with E-state index in [0.29, 0.717) is 11.1 Å². The second kappa shape index (κ2) is 7.06. The van der Waals surface area contributed by atoms with Gasteiger partial charge in [0.15, 0.2) is 6.61 Å². The normalized spacial score (nSPS) is 11.0. The van der Waals surface area contributed by atoms with Crippen molar-refractivity contribution < 1.29 is 4.74 Å².